The SMILES string of the molecule is COC(C)C(C)NCc1ccc(Br)s1. The maximum absolute atomic E-state index is 5.24. The second-order valence-electron chi connectivity index (χ2n) is 3.32. The molecule has 0 aliphatic carbocycles. The normalized spacial score (nSPS) is 15.4. The van der Waals surface area contributed by atoms with Crippen LogP contribution in [0.3, 0.4) is 0 Å². The molecule has 14 heavy (non-hydrogen) atoms. The van der Waals surface area contributed by atoms with Gasteiger partial charge in [0.1, 0.15) is 0 Å². The maximum Gasteiger partial charge on any atom is 0.0701 e. The van der Waals surface area contributed by atoms with Gasteiger partial charge in [0.25, 0.3) is 0 Å². The Hall–Kier alpha value is 0.1000. The number of thiophene rings is 1. The fourth-order valence-electron chi connectivity index (χ4n) is 1.08. The van der Waals surface area contributed by atoms with Gasteiger partial charge in [0.2, 0.25) is 0 Å². The van der Waals surface area contributed by atoms with Crippen molar-refractivity contribution >= 4 is 27.3 Å². The summed E-state index contributed by atoms with van der Waals surface area (Å²) in [4.78, 5) is 1.34. The van der Waals surface area contributed by atoms with E-state index in [9.17, 15) is 0 Å². The highest BCUT2D eigenvalue weighted by Crippen LogP contribution is 2.21. The highest BCUT2D eigenvalue weighted by atomic mass is 79.9. The van der Waals surface area contributed by atoms with Crippen molar-refractivity contribution < 1.29 is 4.74 Å². The second kappa shape index (κ2) is 5.85. The van der Waals surface area contributed by atoms with Gasteiger partial charge >= 0.3 is 0 Å². The topological polar surface area (TPSA) is 21.3 Å². The number of rotatable bonds is 5. The number of halogens is 1. The number of methoxy groups -OCH3 is 1. The van der Waals surface area contributed by atoms with E-state index in [1.54, 1.807) is 18.4 Å². The maximum atomic E-state index is 5.24. The standard InChI is InChI=1S/C10H16BrNOS/c1-7(8(2)13-3)12-6-9-4-5-10(11)14-9/h4-5,7-8,12H,6H2,1-3H3. The molecule has 0 aliphatic rings. The van der Waals surface area contributed by atoms with Crippen molar-refractivity contribution in [3.8, 4) is 0 Å². The molecule has 0 saturated heterocycles. The molecule has 0 aromatic carbocycles. The molecule has 4 heteroatoms. The van der Waals surface area contributed by atoms with Crippen molar-refractivity contribution in [2.24, 2.45) is 0 Å². The minimum atomic E-state index is 0.249. The summed E-state index contributed by atoms with van der Waals surface area (Å²) in [5.41, 5.74) is 0. The van der Waals surface area contributed by atoms with Gasteiger partial charge in [0.15, 0.2) is 0 Å². The monoisotopic (exact) mass is 277 g/mol. The fourth-order valence-corrected chi connectivity index (χ4v) is 2.51. The van der Waals surface area contributed by atoms with Crippen molar-refractivity contribution in [2.45, 2.75) is 32.5 Å². The lowest BCUT2D eigenvalue weighted by Gasteiger charge is -2.19. The van der Waals surface area contributed by atoms with Gasteiger partial charge < -0.3 is 10.1 Å². The first-order valence-electron chi connectivity index (χ1n) is 4.64. The molecule has 1 aromatic rings. The van der Waals surface area contributed by atoms with E-state index < -0.39 is 0 Å². The zero-order valence-electron chi connectivity index (χ0n) is 8.71. The number of hydrogen-bond acceptors (Lipinski definition) is 3. The number of hydrogen-bond donors (Lipinski definition) is 1. The molecule has 0 saturated carbocycles. The summed E-state index contributed by atoms with van der Waals surface area (Å²) < 4.78 is 6.42. The summed E-state index contributed by atoms with van der Waals surface area (Å²) in [5.74, 6) is 0. The molecule has 1 N–H and O–H groups in total. The van der Waals surface area contributed by atoms with Crippen LogP contribution in [-0.4, -0.2) is 19.3 Å². The molecule has 1 rings (SSSR count). The lowest BCUT2D eigenvalue weighted by atomic mass is 10.2. The Kier molecular flexibility index (Phi) is 5.09. The summed E-state index contributed by atoms with van der Waals surface area (Å²) in [6, 6.07) is 4.58. The Morgan fingerprint density at radius 3 is 2.71 bits per heavy atom. The zero-order chi connectivity index (χ0) is 10.6. The predicted octanol–water partition coefficient (Wildman–Crippen LogP) is 3.02. The van der Waals surface area contributed by atoms with Crippen molar-refractivity contribution in [3.63, 3.8) is 0 Å². The summed E-state index contributed by atoms with van der Waals surface area (Å²) in [6.45, 7) is 5.12. The molecule has 80 valence electrons. The van der Waals surface area contributed by atoms with Gasteiger partial charge in [-0.15, -0.1) is 11.3 Å². The van der Waals surface area contributed by atoms with E-state index in [2.05, 4.69) is 47.2 Å². The minimum Gasteiger partial charge on any atom is -0.380 e. The van der Waals surface area contributed by atoms with Crippen molar-refractivity contribution in [2.75, 3.05) is 7.11 Å². The van der Waals surface area contributed by atoms with Crippen LogP contribution in [0.2, 0.25) is 0 Å². The van der Waals surface area contributed by atoms with Crippen LogP contribution in [0.15, 0.2) is 15.9 Å². The molecule has 0 radical (unpaired) electrons. The van der Waals surface area contributed by atoms with E-state index in [1.165, 1.54) is 8.66 Å². The van der Waals surface area contributed by atoms with Crippen LogP contribution >= 0.6 is 27.3 Å². The first-order chi connectivity index (χ1) is 6.63. The Morgan fingerprint density at radius 2 is 2.21 bits per heavy atom. The predicted molar refractivity (Wildman–Crippen MR) is 64.8 cm³/mol. The van der Waals surface area contributed by atoms with Crippen LogP contribution in [0, 0.1) is 0 Å². The molecular formula is C10H16BrNOS. The third-order valence-corrected chi connectivity index (χ3v) is 3.93. The molecule has 0 fully saturated rings. The molecule has 2 nitrogen and oxygen atoms in total. The number of ether oxygens (including phenoxy) is 1. The van der Waals surface area contributed by atoms with Gasteiger partial charge in [0, 0.05) is 24.6 Å². The van der Waals surface area contributed by atoms with E-state index in [0.29, 0.717) is 6.04 Å². The van der Waals surface area contributed by atoms with Gasteiger partial charge in [-0.2, -0.15) is 0 Å². The first kappa shape index (κ1) is 12.2. The molecule has 0 amide bonds. The molecule has 2 unspecified atom stereocenters. The summed E-state index contributed by atoms with van der Waals surface area (Å²) in [5, 5.41) is 3.43. The second-order valence-corrected chi connectivity index (χ2v) is 5.86. The van der Waals surface area contributed by atoms with E-state index >= 15 is 0 Å². The third kappa shape index (κ3) is 3.69. The fraction of sp³-hybridized carbons (Fsp3) is 0.600. The molecular weight excluding hydrogens is 262 g/mol. The van der Waals surface area contributed by atoms with Crippen molar-refractivity contribution in [3.05, 3.63) is 20.8 Å². The molecule has 1 heterocycles. The van der Waals surface area contributed by atoms with E-state index in [1.807, 2.05) is 0 Å². The highest BCUT2D eigenvalue weighted by Gasteiger charge is 2.10. The van der Waals surface area contributed by atoms with Crippen LogP contribution in [0.25, 0.3) is 0 Å². The average Bonchev–Trinajstić information content (AvgIpc) is 2.59. The molecule has 0 spiro atoms. The summed E-state index contributed by atoms with van der Waals surface area (Å²) in [7, 11) is 1.74. The van der Waals surface area contributed by atoms with Crippen LogP contribution in [0.1, 0.15) is 18.7 Å². The van der Waals surface area contributed by atoms with Crippen LogP contribution in [0.5, 0.6) is 0 Å². The summed E-state index contributed by atoms with van der Waals surface area (Å²) >= 11 is 5.21. The van der Waals surface area contributed by atoms with Crippen molar-refractivity contribution in [1.82, 2.24) is 5.32 Å². The van der Waals surface area contributed by atoms with Gasteiger partial charge in [-0.3, -0.25) is 0 Å². The lowest BCUT2D eigenvalue weighted by molar-refractivity contribution is 0.0883. The van der Waals surface area contributed by atoms with Gasteiger partial charge in [0.05, 0.1) is 9.89 Å². The lowest BCUT2D eigenvalue weighted by Crippen LogP contribution is -2.35. The number of nitrogens with one attached hydrogen (secondary N) is 1. The smallest absolute Gasteiger partial charge is 0.0701 e. The van der Waals surface area contributed by atoms with Crippen LogP contribution in [0.4, 0.5) is 0 Å². The quantitative estimate of drug-likeness (QED) is 0.894. The molecule has 1 aromatic heterocycles. The summed E-state index contributed by atoms with van der Waals surface area (Å²) in [6.07, 6.45) is 0.249. The zero-order valence-corrected chi connectivity index (χ0v) is 11.1. The van der Waals surface area contributed by atoms with Crippen LogP contribution in [-0.2, 0) is 11.3 Å². The Morgan fingerprint density at radius 1 is 1.50 bits per heavy atom. The Balaban J connectivity index is 2.33. The average molecular weight is 278 g/mol. The first-order valence-corrected chi connectivity index (χ1v) is 6.25. The largest absolute Gasteiger partial charge is 0.380 e. The van der Waals surface area contributed by atoms with E-state index in [0.717, 1.165) is 6.54 Å². The minimum absolute atomic E-state index is 0.249. The molecule has 0 bridgehead atoms. The van der Waals surface area contributed by atoms with Crippen LogP contribution < -0.4 is 5.32 Å². The third-order valence-electron chi connectivity index (χ3n) is 2.30. The van der Waals surface area contributed by atoms with E-state index in [4.69, 9.17) is 4.74 Å². The molecule has 0 aliphatic heterocycles. The Bertz CT molecular complexity index is 277. The van der Waals surface area contributed by atoms with E-state index in [-0.39, 0.29) is 6.10 Å². The molecule has 2 atom stereocenters. The highest BCUT2D eigenvalue weighted by molar-refractivity contribution is 9.11. The van der Waals surface area contributed by atoms with Gasteiger partial charge in [-0.25, -0.2) is 0 Å². The van der Waals surface area contributed by atoms with Gasteiger partial charge in [-0.1, -0.05) is 0 Å². The van der Waals surface area contributed by atoms with Gasteiger partial charge in [-0.05, 0) is 41.9 Å². The Labute approximate surface area is 97.8 Å². The van der Waals surface area contributed by atoms with Crippen molar-refractivity contribution in [1.29, 1.82) is 0 Å².